The smallest absolute Gasteiger partial charge is 0.161 e. The van der Waals surface area contributed by atoms with Crippen LogP contribution in [-0.4, -0.2) is 30.6 Å². The Hall–Kier alpha value is -1.89. The van der Waals surface area contributed by atoms with Crippen molar-refractivity contribution in [2.45, 2.75) is 19.0 Å². The summed E-state index contributed by atoms with van der Waals surface area (Å²) in [4.78, 5) is 8.34. The van der Waals surface area contributed by atoms with Gasteiger partial charge in [0.15, 0.2) is 11.5 Å². The van der Waals surface area contributed by atoms with Gasteiger partial charge in [-0.25, -0.2) is 4.98 Å². The van der Waals surface area contributed by atoms with E-state index in [4.69, 9.17) is 9.47 Å². The minimum absolute atomic E-state index is 0.227. The molecule has 2 aromatic heterocycles. The second-order valence-electron chi connectivity index (χ2n) is 6.02. The summed E-state index contributed by atoms with van der Waals surface area (Å²) in [7, 11) is 3.39. The number of fused-ring (bicyclic) bond motifs is 1. The van der Waals surface area contributed by atoms with Gasteiger partial charge in [-0.05, 0) is 41.1 Å². The van der Waals surface area contributed by atoms with E-state index in [1.165, 1.54) is 16.0 Å². The first-order chi connectivity index (χ1) is 12.3. The predicted molar refractivity (Wildman–Crippen MR) is 102 cm³/mol. The maximum atomic E-state index is 5.56. The van der Waals surface area contributed by atoms with Crippen molar-refractivity contribution in [1.82, 2.24) is 9.88 Å². The first kappa shape index (κ1) is 16.6. The summed E-state index contributed by atoms with van der Waals surface area (Å²) in [5, 5.41) is 4.28. The molecule has 0 saturated heterocycles. The molecule has 3 heterocycles. The van der Waals surface area contributed by atoms with Crippen molar-refractivity contribution >= 4 is 22.7 Å². The third-order valence-electron chi connectivity index (χ3n) is 4.63. The Morgan fingerprint density at radius 3 is 2.76 bits per heavy atom. The quantitative estimate of drug-likeness (QED) is 0.666. The van der Waals surface area contributed by atoms with Crippen LogP contribution in [0.3, 0.4) is 0 Å². The van der Waals surface area contributed by atoms with Gasteiger partial charge in [0.05, 0.1) is 31.5 Å². The largest absolute Gasteiger partial charge is 0.493 e. The van der Waals surface area contributed by atoms with Crippen LogP contribution in [-0.2, 0) is 13.0 Å². The average Bonchev–Trinajstić information content (AvgIpc) is 3.34. The number of rotatable bonds is 5. The summed E-state index contributed by atoms with van der Waals surface area (Å²) in [6.45, 7) is 1.86. The SMILES string of the molecule is COc1cc2c(cc1OC)C(c1cccs1)N(Cc1cscn1)CC2. The van der Waals surface area contributed by atoms with Crippen LogP contribution in [0.5, 0.6) is 11.5 Å². The van der Waals surface area contributed by atoms with Crippen LogP contribution in [0.25, 0.3) is 0 Å². The van der Waals surface area contributed by atoms with Gasteiger partial charge in [0.1, 0.15) is 0 Å². The fourth-order valence-corrected chi connectivity index (χ4v) is 4.90. The van der Waals surface area contributed by atoms with Crippen molar-refractivity contribution in [3.8, 4) is 11.5 Å². The summed E-state index contributed by atoms with van der Waals surface area (Å²) in [5.74, 6) is 1.59. The summed E-state index contributed by atoms with van der Waals surface area (Å²) >= 11 is 3.45. The van der Waals surface area contributed by atoms with Crippen molar-refractivity contribution in [1.29, 1.82) is 0 Å². The molecule has 0 saturated carbocycles. The molecule has 6 heteroatoms. The number of ether oxygens (including phenoxy) is 2. The molecule has 4 nitrogen and oxygen atoms in total. The maximum absolute atomic E-state index is 5.56. The van der Waals surface area contributed by atoms with Crippen LogP contribution >= 0.6 is 22.7 Å². The van der Waals surface area contributed by atoms with E-state index in [1.54, 1.807) is 36.9 Å². The van der Waals surface area contributed by atoms with Crippen molar-refractivity contribution in [2.75, 3.05) is 20.8 Å². The van der Waals surface area contributed by atoms with Gasteiger partial charge in [0, 0.05) is 23.3 Å². The van der Waals surface area contributed by atoms with Gasteiger partial charge in [0.25, 0.3) is 0 Å². The molecule has 0 N–H and O–H groups in total. The highest BCUT2D eigenvalue weighted by atomic mass is 32.1. The highest BCUT2D eigenvalue weighted by molar-refractivity contribution is 7.10. The molecule has 3 aromatic rings. The minimum Gasteiger partial charge on any atom is -0.493 e. The minimum atomic E-state index is 0.227. The normalized spacial score (nSPS) is 17.3. The number of hydrogen-bond acceptors (Lipinski definition) is 6. The Morgan fingerprint density at radius 2 is 2.08 bits per heavy atom. The monoisotopic (exact) mass is 372 g/mol. The second-order valence-corrected chi connectivity index (χ2v) is 7.72. The standard InChI is InChI=1S/C19H20N2O2S2/c1-22-16-8-13-5-6-21(10-14-11-24-12-20-14)19(18-4-3-7-25-18)15(13)9-17(16)23-2/h3-4,7-9,11-12,19H,5-6,10H2,1-2H3. The first-order valence-electron chi connectivity index (χ1n) is 8.19. The van der Waals surface area contributed by atoms with Crippen LogP contribution in [0.1, 0.15) is 27.7 Å². The molecule has 0 radical (unpaired) electrons. The van der Waals surface area contributed by atoms with Gasteiger partial charge >= 0.3 is 0 Å². The highest BCUT2D eigenvalue weighted by Crippen LogP contribution is 2.42. The second kappa shape index (κ2) is 7.15. The van der Waals surface area contributed by atoms with E-state index in [-0.39, 0.29) is 6.04 Å². The van der Waals surface area contributed by atoms with Crippen LogP contribution in [0.2, 0.25) is 0 Å². The lowest BCUT2D eigenvalue weighted by molar-refractivity contribution is 0.204. The number of thiophene rings is 1. The molecule has 0 amide bonds. The molecule has 1 atom stereocenters. The van der Waals surface area contributed by atoms with E-state index in [2.05, 4.69) is 44.9 Å². The van der Waals surface area contributed by atoms with Crippen LogP contribution in [0, 0.1) is 0 Å². The van der Waals surface area contributed by atoms with Crippen molar-refractivity contribution < 1.29 is 9.47 Å². The molecule has 0 fully saturated rings. The topological polar surface area (TPSA) is 34.6 Å². The highest BCUT2D eigenvalue weighted by Gasteiger charge is 2.31. The van der Waals surface area contributed by atoms with Crippen LogP contribution in [0.15, 0.2) is 40.5 Å². The number of nitrogens with zero attached hydrogens (tertiary/aromatic N) is 2. The average molecular weight is 373 g/mol. The molecule has 0 bridgehead atoms. The fourth-order valence-electron chi connectivity index (χ4n) is 3.47. The van der Waals surface area contributed by atoms with E-state index in [9.17, 15) is 0 Å². The molecule has 130 valence electrons. The van der Waals surface area contributed by atoms with Gasteiger partial charge < -0.3 is 9.47 Å². The number of thiazole rings is 1. The Kier molecular flexibility index (Phi) is 4.74. The molecule has 1 unspecified atom stereocenters. The number of benzene rings is 1. The van der Waals surface area contributed by atoms with E-state index in [0.29, 0.717) is 0 Å². The zero-order chi connectivity index (χ0) is 17.2. The zero-order valence-electron chi connectivity index (χ0n) is 14.3. The molecule has 0 spiro atoms. The van der Waals surface area contributed by atoms with Crippen LogP contribution < -0.4 is 9.47 Å². The summed E-state index contributed by atoms with van der Waals surface area (Å²) in [5.41, 5.74) is 5.68. The van der Waals surface area contributed by atoms with Crippen LogP contribution in [0.4, 0.5) is 0 Å². The van der Waals surface area contributed by atoms with E-state index in [0.717, 1.165) is 36.7 Å². The lowest BCUT2D eigenvalue weighted by atomic mass is 9.90. The number of methoxy groups -OCH3 is 2. The Morgan fingerprint density at radius 1 is 1.24 bits per heavy atom. The van der Waals surface area contributed by atoms with Crippen molar-refractivity contribution in [2.24, 2.45) is 0 Å². The van der Waals surface area contributed by atoms with Gasteiger partial charge in [-0.2, -0.15) is 0 Å². The van der Waals surface area contributed by atoms with E-state index < -0.39 is 0 Å². The molecule has 1 aliphatic rings. The molecular weight excluding hydrogens is 352 g/mol. The molecule has 0 aliphatic carbocycles. The lowest BCUT2D eigenvalue weighted by Gasteiger charge is -2.37. The molecule has 4 rings (SSSR count). The summed E-state index contributed by atoms with van der Waals surface area (Å²) in [6, 6.07) is 8.84. The van der Waals surface area contributed by atoms with Crippen molar-refractivity contribution in [3.63, 3.8) is 0 Å². The molecule has 1 aliphatic heterocycles. The lowest BCUT2D eigenvalue weighted by Crippen LogP contribution is -2.35. The van der Waals surface area contributed by atoms with Gasteiger partial charge in [-0.1, -0.05) is 6.07 Å². The van der Waals surface area contributed by atoms with E-state index in [1.807, 2.05) is 5.51 Å². The number of hydrogen-bond donors (Lipinski definition) is 0. The molecule has 1 aromatic carbocycles. The Labute approximate surface area is 155 Å². The van der Waals surface area contributed by atoms with Gasteiger partial charge in [-0.15, -0.1) is 22.7 Å². The van der Waals surface area contributed by atoms with Gasteiger partial charge in [-0.3, -0.25) is 4.90 Å². The van der Waals surface area contributed by atoms with E-state index >= 15 is 0 Å². The summed E-state index contributed by atoms with van der Waals surface area (Å²) in [6.07, 6.45) is 1.00. The maximum Gasteiger partial charge on any atom is 0.161 e. The Balaban J connectivity index is 1.78. The van der Waals surface area contributed by atoms with Crippen molar-refractivity contribution in [3.05, 3.63) is 62.2 Å². The first-order valence-corrected chi connectivity index (χ1v) is 10.0. The number of aromatic nitrogens is 1. The fraction of sp³-hybridized carbons (Fsp3) is 0.316. The molecular formula is C19H20N2O2S2. The predicted octanol–water partition coefficient (Wildman–Crippen LogP) is 4.37. The third-order valence-corrected chi connectivity index (χ3v) is 6.19. The molecule has 25 heavy (non-hydrogen) atoms. The zero-order valence-corrected chi connectivity index (χ0v) is 15.9. The Bertz CT molecular complexity index is 831. The third kappa shape index (κ3) is 3.17. The summed E-state index contributed by atoms with van der Waals surface area (Å²) < 4.78 is 11.1. The van der Waals surface area contributed by atoms with Gasteiger partial charge in [0.2, 0.25) is 0 Å².